The Hall–Kier alpha value is -2.89. The maximum atomic E-state index is 12.6. The van der Waals surface area contributed by atoms with E-state index in [1.807, 2.05) is 26.0 Å². The fourth-order valence-corrected chi connectivity index (χ4v) is 2.47. The molecule has 0 radical (unpaired) electrons. The Morgan fingerprint density at radius 2 is 1.70 bits per heavy atom. The lowest BCUT2D eigenvalue weighted by atomic mass is 10.2. The van der Waals surface area contributed by atoms with Crippen molar-refractivity contribution in [2.75, 3.05) is 11.9 Å². The van der Waals surface area contributed by atoms with Crippen molar-refractivity contribution in [1.82, 2.24) is 10.3 Å². The minimum atomic E-state index is -0.393. The quantitative estimate of drug-likeness (QED) is 0.654. The molecule has 2 amide bonds. The summed E-state index contributed by atoms with van der Waals surface area (Å²) < 4.78 is 5.71. The normalized spacial score (nSPS) is 10.5. The predicted octanol–water partition coefficient (Wildman–Crippen LogP) is 4.04. The van der Waals surface area contributed by atoms with Crippen LogP contribution in [0.5, 0.6) is 5.75 Å². The molecule has 0 bridgehead atoms. The molecule has 6 heteroatoms. The van der Waals surface area contributed by atoms with Gasteiger partial charge in [0.1, 0.15) is 17.1 Å². The number of hydrogen-bond acceptors (Lipinski definition) is 4. The zero-order chi connectivity index (χ0) is 19.6. The van der Waals surface area contributed by atoms with Gasteiger partial charge in [-0.15, -0.1) is 0 Å². The molecule has 0 saturated heterocycles. The Bertz CT molecular complexity index is 775. The number of ether oxygens (including phenoxy) is 1. The van der Waals surface area contributed by atoms with E-state index in [1.54, 1.807) is 30.3 Å². The summed E-state index contributed by atoms with van der Waals surface area (Å²) in [7, 11) is 0. The summed E-state index contributed by atoms with van der Waals surface area (Å²) in [6.45, 7) is 6.55. The molecular weight excluding hydrogens is 342 g/mol. The van der Waals surface area contributed by atoms with E-state index in [-0.39, 0.29) is 23.4 Å². The van der Waals surface area contributed by atoms with Gasteiger partial charge in [-0.3, -0.25) is 9.59 Å². The predicted molar refractivity (Wildman–Crippen MR) is 106 cm³/mol. The first-order valence-corrected chi connectivity index (χ1v) is 9.33. The van der Waals surface area contributed by atoms with Crippen molar-refractivity contribution in [3.05, 3.63) is 53.9 Å². The summed E-state index contributed by atoms with van der Waals surface area (Å²) in [6, 6.07) is 12.0. The summed E-state index contributed by atoms with van der Waals surface area (Å²) in [5.74, 6) is -0.0783. The first-order chi connectivity index (χ1) is 13.0. The Morgan fingerprint density at radius 3 is 2.41 bits per heavy atom. The van der Waals surface area contributed by atoms with Gasteiger partial charge in [-0.2, -0.15) is 0 Å². The Kier molecular flexibility index (Phi) is 7.79. The SMILES string of the molecule is CCCCCNC(=O)c1cccc(C(=O)Nc2ccccc2OC(C)C)n1. The first-order valence-electron chi connectivity index (χ1n) is 9.33. The zero-order valence-corrected chi connectivity index (χ0v) is 16.1. The molecule has 0 atom stereocenters. The number of aromatic nitrogens is 1. The van der Waals surface area contributed by atoms with E-state index in [0.717, 1.165) is 19.3 Å². The molecule has 0 aliphatic heterocycles. The molecule has 27 heavy (non-hydrogen) atoms. The lowest BCUT2D eigenvalue weighted by Crippen LogP contribution is -2.26. The van der Waals surface area contributed by atoms with E-state index in [9.17, 15) is 9.59 Å². The average Bonchev–Trinajstić information content (AvgIpc) is 2.66. The van der Waals surface area contributed by atoms with Crippen molar-refractivity contribution in [3.63, 3.8) is 0 Å². The number of carbonyl (C=O) groups is 2. The topological polar surface area (TPSA) is 80.3 Å². The third-order valence-corrected chi connectivity index (χ3v) is 3.78. The Balaban J connectivity index is 2.06. The van der Waals surface area contributed by atoms with Gasteiger partial charge in [0, 0.05) is 6.54 Å². The third-order valence-electron chi connectivity index (χ3n) is 3.78. The number of para-hydroxylation sites is 2. The molecule has 2 rings (SSSR count). The molecule has 1 aromatic carbocycles. The van der Waals surface area contributed by atoms with Gasteiger partial charge in [0.15, 0.2) is 0 Å². The van der Waals surface area contributed by atoms with E-state index in [0.29, 0.717) is 18.0 Å². The van der Waals surface area contributed by atoms with Gasteiger partial charge >= 0.3 is 0 Å². The third kappa shape index (κ3) is 6.40. The number of rotatable bonds is 9. The van der Waals surface area contributed by atoms with Crippen LogP contribution in [0.25, 0.3) is 0 Å². The van der Waals surface area contributed by atoms with E-state index < -0.39 is 5.91 Å². The van der Waals surface area contributed by atoms with Crippen molar-refractivity contribution in [2.24, 2.45) is 0 Å². The minimum Gasteiger partial charge on any atom is -0.489 e. The van der Waals surface area contributed by atoms with Crippen molar-refractivity contribution in [1.29, 1.82) is 0 Å². The maximum absolute atomic E-state index is 12.6. The number of amides is 2. The number of unbranched alkanes of at least 4 members (excludes halogenated alkanes) is 2. The molecule has 0 aliphatic carbocycles. The standard InChI is InChI=1S/C21H27N3O3/c1-4-5-8-14-22-20(25)17-11-9-12-18(23-17)21(26)24-16-10-6-7-13-19(16)27-15(2)3/h6-7,9-13,15H,4-5,8,14H2,1-3H3,(H,22,25)(H,24,26). The molecule has 1 aromatic heterocycles. The van der Waals surface area contributed by atoms with Gasteiger partial charge in [0.25, 0.3) is 11.8 Å². The van der Waals surface area contributed by atoms with Crippen LogP contribution in [0.4, 0.5) is 5.69 Å². The molecule has 144 valence electrons. The second kappa shape index (κ2) is 10.3. The molecule has 6 nitrogen and oxygen atoms in total. The monoisotopic (exact) mass is 369 g/mol. The van der Waals surface area contributed by atoms with Gasteiger partial charge in [-0.05, 0) is 44.5 Å². The number of pyridine rings is 1. The van der Waals surface area contributed by atoms with Gasteiger partial charge in [0.05, 0.1) is 11.8 Å². The molecular formula is C21H27N3O3. The number of anilines is 1. The van der Waals surface area contributed by atoms with E-state index in [2.05, 4.69) is 22.5 Å². The van der Waals surface area contributed by atoms with Crippen LogP contribution in [-0.2, 0) is 0 Å². The van der Waals surface area contributed by atoms with Gasteiger partial charge in [0.2, 0.25) is 0 Å². The van der Waals surface area contributed by atoms with E-state index >= 15 is 0 Å². The molecule has 0 aliphatic rings. The molecule has 0 unspecified atom stereocenters. The second-order valence-corrected chi connectivity index (χ2v) is 6.49. The summed E-state index contributed by atoms with van der Waals surface area (Å²) in [4.78, 5) is 28.9. The fourth-order valence-electron chi connectivity index (χ4n) is 2.47. The van der Waals surface area contributed by atoms with Crippen molar-refractivity contribution >= 4 is 17.5 Å². The Labute approximate surface area is 160 Å². The lowest BCUT2D eigenvalue weighted by Gasteiger charge is -2.14. The minimum absolute atomic E-state index is 0.0130. The summed E-state index contributed by atoms with van der Waals surface area (Å²) >= 11 is 0. The van der Waals surface area contributed by atoms with Crippen LogP contribution >= 0.6 is 0 Å². The van der Waals surface area contributed by atoms with Crippen LogP contribution < -0.4 is 15.4 Å². The highest BCUT2D eigenvalue weighted by Gasteiger charge is 2.14. The lowest BCUT2D eigenvalue weighted by molar-refractivity contribution is 0.0947. The molecule has 0 fully saturated rings. The molecule has 2 N–H and O–H groups in total. The number of nitrogens with one attached hydrogen (secondary N) is 2. The number of benzene rings is 1. The molecule has 1 heterocycles. The molecule has 2 aromatic rings. The molecule has 0 spiro atoms. The summed E-state index contributed by atoms with van der Waals surface area (Å²) in [5, 5.41) is 5.63. The van der Waals surface area contributed by atoms with Crippen LogP contribution in [0.2, 0.25) is 0 Å². The van der Waals surface area contributed by atoms with Gasteiger partial charge < -0.3 is 15.4 Å². The number of carbonyl (C=O) groups excluding carboxylic acids is 2. The van der Waals surface area contributed by atoms with Crippen LogP contribution in [-0.4, -0.2) is 29.4 Å². The maximum Gasteiger partial charge on any atom is 0.274 e. The fraction of sp³-hybridized carbons (Fsp3) is 0.381. The molecule has 0 saturated carbocycles. The number of nitrogens with zero attached hydrogens (tertiary/aromatic N) is 1. The van der Waals surface area contributed by atoms with Crippen molar-refractivity contribution in [3.8, 4) is 5.75 Å². The second-order valence-electron chi connectivity index (χ2n) is 6.49. The highest BCUT2D eigenvalue weighted by molar-refractivity contribution is 6.04. The summed E-state index contributed by atoms with van der Waals surface area (Å²) in [5.41, 5.74) is 0.967. The van der Waals surface area contributed by atoms with Crippen LogP contribution in [0.3, 0.4) is 0 Å². The van der Waals surface area contributed by atoms with Gasteiger partial charge in [-0.25, -0.2) is 4.98 Å². The van der Waals surface area contributed by atoms with Crippen molar-refractivity contribution in [2.45, 2.75) is 46.1 Å². The first kappa shape index (κ1) is 20.4. The largest absolute Gasteiger partial charge is 0.489 e. The zero-order valence-electron chi connectivity index (χ0n) is 16.1. The highest BCUT2D eigenvalue weighted by atomic mass is 16.5. The van der Waals surface area contributed by atoms with Crippen molar-refractivity contribution < 1.29 is 14.3 Å². The Morgan fingerprint density at radius 1 is 1.00 bits per heavy atom. The van der Waals surface area contributed by atoms with Gasteiger partial charge in [-0.1, -0.05) is 38.0 Å². The highest BCUT2D eigenvalue weighted by Crippen LogP contribution is 2.25. The summed E-state index contributed by atoms with van der Waals surface area (Å²) in [6.07, 6.45) is 3.07. The number of hydrogen-bond donors (Lipinski definition) is 2. The van der Waals surface area contributed by atoms with E-state index in [4.69, 9.17) is 4.74 Å². The van der Waals surface area contributed by atoms with Crippen LogP contribution in [0.1, 0.15) is 61.0 Å². The van der Waals surface area contributed by atoms with E-state index in [1.165, 1.54) is 0 Å². The van der Waals surface area contributed by atoms with Crippen LogP contribution in [0.15, 0.2) is 42.5 Å². The van der Waals surface area contributed by atoms with Crippen LogP contribution in [0, 0.1) is 0 Å². The smallest absolute Gasteiger partial charge is 0.274 e. The average molecular weight is 369 g/mol.